The molecule has 1 aliphatic rings. The van der Waals surface area contributed by atoms with Crippen LogP contribution >= 0.6 is 0 Å². The molecular formula is C20H19N3O3. The third kappa shape index (κ3) is 3.38. The van der Waals surface area contributed by atoms with Crippen molar-refractivity contribution in [2.45, 2.75) is 25.5 Å². The topological polar surface area (TPSA) is 96.4 Å². The van der Waals surface area contributed by atoms with Crippen LogP contribution in [0.15, 0.2) is 48.5 Å². The number of nitrogens with two attached hydrogens (primary N) is 1. The molecule has 2 N–H and O–H groups in total. The minimum Gasteiger partial charge on any atom is -0.481 e. The van der Waals surface area contributed by atoms with Crippen LogP contribution in [0.3, 0.4) is 0 Å². The molecule has 0 aliphatic carbocycles. The van der Waals surface area contributed by atoms with E-state index in [-0.39, 0.29) is 5.91 Å². The third-order valence-electron chi connectivity index (χ3n) is 4.48. The van der Waals surface area contributed by atoms with Gasteiger partial charge in [-0.3, -0.25) is 9.59 Å². The molecule has 2 aromatic carbocycles. The van der Waals surface area contributed by atoms with Gasteiger partial charge in [0.2, 0.25) is 5.91 Å². The highest BCUT2D eigenvalue weighted by atomic mass is 16.5. The van der Waals surface area contributed by atoms with Gasteiger partial charge in [-0.15, -0.1) is 0 Å². The van der Waals surface area contributed by atoms with Crippen LogP contribution in [0.2, 0.25) is 0 Å². The quantitative estimate of drug-likeness (QED) is 0.912. The fourth-order valence-electron chi connectivity index (χ4n) is 3.21. The van der Waals surface area contributed by atoms with E-state index in [1.54, 1.807) is 31.2 Å². The first-order chi connectivity index (χ1) is 12.5. The predicted octanol–water partition coefficient (Wildman–Crippen LogP) is 1.94. The third-order valence-corrected chi connectivity index (χ3v) is 4.48. The summed E-state index contributed by atoms with van der Waals surface area (Å²) in [6.07, 6.45) is -0.120. The van der Waals surface area contributed by atoms with Gasteiger partial charge in [0, 0.05) is 6.54 Å². The first-order valence-electron chi connectivity index (χ1n) is 8.35. The van der Waals surface area contributed by atoms with Gasteiger partial charge in [0.25, 0.3) is 5.91 Å². The van der Waals surface area contributed by atoms with Gasteiger partial charge < -0.3 is 15.4 Å². The molecule has 0 saturated heterocycles. The van der Waals surface area contributed by atoms with E-state index in [9.17, 15) is 9.59 Å². The van der Waals surface area contributed by atoms with Gasteiger partial charge in [0.15, 0.2) is 6.10 Å². The molecule has 0 radical (unpaired) electrons. The van der Waals surface area contributed by atoms with E-state index < -0.39 is 18.1 Å². The number of amides is 2. The lowest BCUT2D eigenvalue weighted by Crippen LogP contribution is -2.49. The summed E-state index contributed by atoms with van der Waals surface area (Å²) in [6, 6.07) is 15.3. The number of hydrogen-bond donors (Lipinski definition) is 1. The second-order valence-corrected chi connectivity index (χ2v) is 6.18. The highest BCUT2D eigenvalue weighted by Crippen LogP contribution is 2.30. The van der Waals surface area contributed by atoms with E-state index in [0.29, 0.717) is 24.3 Å². The fraction of sp³-hybridized carbons (Fsp3) is 0.250. The molecule has 2 atom stereocenters. The second kappa shape index (κ2) is 7.28. The SMILES string of the molecule is CC(Oc1ccc(C#N)cc1)C(=O)N1CCc2ccccc2C1C(N)=O. The Kier molecular flexibility index (Phi) is 4.90. The molecule has 1 aliphatic heterocycles. The summed E-state index contributed by atoms with van der Waals surface area (Å²) < 4.78 is 5.69. The number of nitriles is 1. The highest BCUT2D eigenvalue weighted by Gasteiger charge is 2.36. The summed E-state index contributed by atoms with van der Waals surface area (Å²) in [5.74, 6) is -0.373. The lowest BCUT2D eigenvalue weighted by atomic mass is 9.92. The Morgan fingerprint density at radius 3 is 2.58 bits per heavy atom. The van der Waals surface area contributed by atoms with Crippen LogP contribution in [-0.4, -0.2) is 29.4 Å². The first kappa shape index (κ1) is 17.5. The number of carbonyl (C=O) groups excluding carboxylic acids is 2. The van der Waals surface area contributed by atoms with Crippen LogP contribution in [0.5, 0.6) is 5.75 Å². The summed E-state index contributed by atoms with van der Waals surface area (Å²) in [6.45, 7) is 2.05. The Morgan fingerprint density at radius 1 is 1.23 bits per heavy atom. The van der Waals surface area contributed by atoms with Crippen LogP contribution in [-0.2, 0) is 16.0 Å². The van der Waals surface area contributed by atoms with Gasteiger partial charge in [0.05, 0.1) is 11.6 Å². The van der Waals surface area contributed by atoms with Gasteiger partial charge in [-0.25, -0.2) is 0 Å². The summed E-state index contributed by atoms with van der Waals surface area (Å²) >= 11 is 0. The lowest BCUT2D eigenvalue weighted by molar-refractivity contribution is -0.145. The number of rotatable bonds is 4. The molecule has 0 aromatic heterocycles. The number of nitrogens with zero attached hydrogens (tertiary/aromatic N) is 2. The predicted molar refractivity (Wildman–Crippen MR) is 95.0 cm³/mol. The molecule has 3 rings (SSSR count). The minimum absolute atomic E-state index is 0.298. The molecule has 2 unspecified atom stereocenters. The minimum atomic E-state index is -0.792. The van der Waals surface area contributed by atoms with Crippen molar-refractivity contribution < 1.29 is 14.3 Å². The number of ether oxygens (including phenoxy) is 1. The smallest absolute Gasteiger partial charge is 0.264 e. The van der Waals surface area contributed by atoms with Crippen molar-refractivity contribution in [3.8, 4) is 11.8 Å². The monoisotopic (exact) mass is 349 g/mol. The van der Waals surface area contributed by atoms with Crippen molar-refractivity contribution >= 4 is 11.8 Å². The summed E-state index contributed by atoms with van der Waals surface area (Å²) in [5.41, 5.74) is 7.90. The van der Waals surface area contributed by atoms with Crippen LogP contribution in [0.1, 0.15) is 29.7 Å². The molecule has 0 fully saturated rings. The standard InChI is InChI=1S/C20H19N3O3/c1-13(26-16-8-6-14(12-21)7-9-16)20(25)23-11-10-15-4-2-3-5-17(15)18(23)19(22)24/h2-9,13,18H,10-11H2,1H3,(H2,22,24). The fourth-order valence-corrected chi connectivity index (χ4v) is 3.21. The zero-order valence-electron chi connectivity index (χ0n) is 14.4. The van der Waals surface area contributed by atoms with Gasteiger partial charge >= 0.3 is 0 Å². The largest absolute Gasteiger partial charge is 0.481 e. The number of carbonyl (C=O) groups is 2. The number of hydrogen-bond acceptors (Lipinski definition) is 4. The zero-order valence-corrected chi connectivity index (χ0v) is 14.4. The molecule has 0 saturated carbocycles. The van der Waals surface area contributed by atoms with Crippen molar-refractivity contribution in [2.75, 3.05) is 6.54 Å². The van der Waals surface area contributed by atoms with Gasteiger partial charge in [-0.2, -0.15) is 5.26 Å². The van der Waals surface area contributed by atoms with Crippen molar-refractivity contribution in [2.24, 2.45) is 5.73 Å². The molecule has 0 spiro atoms. The van der Waals surface area contributed by atoms with Crippen molar-refractivity contribution in [3.63, 3.8) is 0 Å². The molecule has 132 valence electrons. The van der Waals surface area contributed by atoms with Gasteiger partial charge in [-0.1, -0.05) is 24.3 Å². The van der Waals surface area contributed by atoms with Crippen LogP contribution in [0.25, 0.3) is 0 Å². The van der Waals surface area contributed by atoms with Crippen molar-refractivity contribution in [1.82, 2.24) is 4.90 Å². The van der Waals surface area contributed by atoms with E-state index in [1.807, 2.05) is 30.3 Å². The number of primary amides is 1. The molecular weight excluding hydrogens is 330 g/mol. The molecule has 26 heavy (non-hydrogen) atoms. The number of benzene rings is 2. The van der Waals surface area contributed by atoms with E-state index in [1.165, 1.54) is 4.90 Å². The molecule has 0 bridgehead atoms. The van der Waals surface area contributed by atoms with E-state index in [4.69, 9.17) is 15.7 Å². The summed E-state index contributed by atoms with van der Waals surface area (Å²) in [4.78, 5) is 26.4. The highest BCUT2D eigenvalue weighted by molar-refractivity contribution is 5.90. The maximum atomic E-state index is 12.9. The normalized spacial score (nSPS) is 16.9. The Morgan fingerprint density at radius 2 is 1.92 bits per heavy atom. The molecule has 2 aromatic rings. The van der Waals surface area contributed by atoms with Crippen molar-refractivity contribution in [1.29, 1.82) is 5.26 Å². The Hall–Kier alpha value is -3.33. The van der Waals surface area contributed by atoms with Crippen LogP contribution in [0, 0.1) is 11.3 Å². The lowest BCUT2D eigenvalue weighted by Gasteiger charge is -2.36. The average molecular weight is 349 g/mol. The Bertz CT molecular complexity index is 871. The maximum absolute atomic E-state index is 12.9. The first-order valence-corrected chi connectivity index (χ1v) is 8.35. The van der Waals surface area contributed by atoms with E-state index >= 15 is 0 Å². The molecule has 6 nitrogen and oxygen atoms in total. The average Bonchev–Trinajstić information content (AvgIpc) is 2.66. The zero-order chi connectivity index (χ0) is 18.7. The van der Waals surface area contributed by atoms with Gasteiger partial charge in [-0.05, 0) is 48.7 Å². The molecule has 2 amide bonds. The maximum Gasteiger partial charge on any atom is 0.264 e. The summed E-state index contributed by atoms with van der Waals surface area (Å²) in [7, 11) is 0. The van der Waals surface area contributed by atoms with Crippen LogP contribution < -0.4 is 10.5 Å². The Balaban J connectivity index is 1.79. The van der Waals surface area contributed by atoms with E-state index in [0.717, 1.165) is 11.1 Å². The molecule has 6 heteroatoms. The van der Waals surface area contributed by atoms with Gasteiger partial charge in [0.1, 0.15) is 11.8 Å². The summed E-state index contributed by atoms with van der Waals surface area (Å²) in [5, 5.41) is 8.83. The van der Waals surface area contributed by atoms with E-state index in [2.05, 4.69) is 0 Å². The Labute approximate surface area is 151 Å². The number of fused-ring (bicyclic) bond motifs is 1. The second-order valence-electron chi connectivity index (χ2n) is 6.18. The molecule has 1 heterocycles. The van der Waals surface area contributed by atoms with Crippen molar-refractivity contribution in [3.05, 3.63) is 65.2 Å². The van der Waals surface area contributed by atoms with Crippen LogP contribution in [0.4, 0.5) is 0 Å².